The van der Waals surface area contributed by atoms with E-state index < -0.39 is 7.14 Å². The standard InChI is InChI=1S/C21H19O4P/c1-2-23-19-13-18(14-20-21(19)25-15-24-20)26(22,16-9-5-3-6-10-16)17-11-7-4-8-12-17/h3-14H,2,15H2,1H3. The summed E-state index contributed by atoms with van der Waals surface area (Å²) in [6, 6.07) is 22.7. The summed E-state index contributed by atoms with van der Waals surface area (Å²) < 4.78 is 31.2. The average Bonchev–Trinajstić information content (AvgIpc) is 3.18. The molecule has 1 aliphatic rings. The van der Waals surface area contributed by atoms with Crippen molar-refractivity contribution in [3.63, 3.8) is 0 Å². The van der Waals surface area contributed by atoms with Crippen molar-refractivity contribution in [2.45, 2.75) is 6.92 Å². The zero-order chi connectivity index (χ0) is 18.0. The van der Waals surface area contributed by atoms with Gasteiger partial charge in [0.1, 0.15) is 0 Å². The van der Waals surface area contributed by atoms with Crippen LogP contribution in [0.3, 0.4) is 0 Å². The maximum atomic E-state index is 14.4. The van der Waals surface area contributed by atoms with Crippen molar-refractivity contribution in [2.24, 2.45) is 0 Å². The number of fused-ring (bicyclic) bond motifs is 1. The summed E-state index contributed by atoms with van der Waals surface area (Å²) in [6.07, 6.45) is 0. The summed E-state index contributed by atoms with van der Waals surface area (Å²) in [5, 5.41) is 2.21. The van der Waals surface area contributed by atoms with E-state index in [-0.39, 0.29) is 6.79 Å². The SMILES string of the molecule is CCOc1cc(P(=O)(c2ccccc2)c2ccccc2)cc2c1OCO2. The molecule has 0 atom stereocenters. The molecule has 1 aliphatic heterocycles. The highest BCUT2D eigenvalue weighted by Crippen LogP contribution is 2.48. The molecule has 26 heavy (non-hydrogen) atoms. The molecule has 0 aliphatic carbocycles. The van der Waals surface area contributed by atoms with Gasteiger partial charge in [0.15, 0.2) is 18.6 Å². The number of hydrogen-bond donors (Lipinski definition) is 0. The van der Waals surface area contributed by atoms with Gasteiger partial charge in [-0.3, -0.25) is 0 Å². The minimum atomic E-state index is -3.07. The summed E-state index contributed by atoms with van der Waals surface area (Å²) in [5.74, 6) is 1.70. The van der Waals surface area contributed by atoms with Gasteiger partial charge >= 0.3 is 0 Å². The molecule has 0 aromatic heterocycles. The fourth-order valence-electron chi connectivity index (χ4n) is 3.13. The molecule has 1 heterocycles. The van der Waals surface area contributed by atoms with Crippen LogP contribution in [0.25, 0.3) is 0 Å². The molecular formula is C21H19O4P. The highest BCUT2D eigenvalue weighted by molar-refractivity contribution is 7.85. The Morgan fingerprint density at radius 3 is 2.08 bits per heavy atom. The second-order valence-electron chi connectivity index (χ2n) is 5.89. The third kappa shape index (κ3) is 2.77. The molecule has 0 N–H and O–H groups in total. The summed E-state index contributed by atoms with van der Waals surface area (Å²) in [6.45, 7) is 2.53. The number of rotatable bonds is 5. The number of hydrogen-bond acceptors (Lipinski definition) is 4. The van der Waals surface area contributed by atoms with Crippen LogP contribution in [0.1, 0.15) is 6.92 Å². The maximum Gasteiger partial charge on any atom is 0.231 e. The third-order valence-corrected chi connectivity index (χ3v) is 7.36. The zero-order valence-electron chi connectivity index (χ0n) is 14.4. The van der Waals surface area contributed by atoms with Crippen LogP contribution in [-0.4, -0.2) is 13.4 Å². The van der Waals surface area contributed by atoms with Crippen molar-refractivity contribution >= 4 is 23.1 Å². The third-order valence-electron chi connectivity index (χ3n) is 4.33. The molecule has 0 saturated heterocycles. The largest absolute Gasteiger partial charge is 0.490 e. The van der Waals surface area contributed by atoms with E-state index in [2.05, 4.69) is 0 Å². The van der Waals surface area contributed by atoms with Gasteiger partial charge in [-0.15, -0.1) is 0 Å². The normalized spacial score (nSPS) is 12.8. The minimum Gasteiger partial charge on any atom is -0.490 e. The van der Waals surface area contributed by atoms with Gasteiger partial charge < -0.3 is 18.8 Å². The first kappa shape index (κ1) is 16.7. The van der Waals surface area contributed by atoms with Crippen LogP contribution >= 0.6 is 7.14 Å². The molecule has 0 saturated carbocycles. The van der Waals surface area contributed by atoms with Crippen LogP contribution in [0, 0.1) is 0 Å². The lowest BCUT2D eigenvalue weighted by atomic mass is 10.3. The maximum absolute atomic E-state index is 14.4. The smallest absolute Gasteiger partial charge is 0.231 e. The lowest BCUT2D eigenvalue weighted by molar-refractivity contribution is 0.170. The van der Waals surface area contributed by atoms with Gasteiger partial charge in [0, 0.05) is 15.9 Å². The summed E-state index contributed by atoms with van der Waals surface area (Å²) in [5.41, 5.74) is 0. The van der Waals surface area contributed by atoms with E-state index >= 15 is 0 Å². The lowest BCUT2D eigenvalue weighted by Gasteiger charge is -2.21. The van der Waals surface area contributed by atoms with Gasteiger partial charge in [-0.2, -0.15) is 0 Å². The summed E-state index contributed by atoms with van der Waals surface area (Å²) in [4.78, 5) is 0. The van der Waals surface area contributed by atoms with Gasteiger partial charge in [0.05, 0.1) is 6.61 Å². The molecule has 0 bridgehead atoms. The van der Waals surface area contributed by atoms with Crippen LogP contribution in [0.2, 0.25) is 0 Å². The fourth-order valence-corrected chi connectivity index (χ4v) is 5.81. The lowest BCUT2D eigenvalue weighted by Crippen LogP contribution is -2.25. The van der Waals surface area contributed by atoms with Crippen molar-refractivity contribution in [3.05, 3.63) is 72.8 Å². The van der Waals surface area contributed by atoms with Crippen molar-refractivity contribution in [2.75, 3.05) is 13.4 Å². The Labute approximate surface area is 152 Å². The van der Waals surface area contributed by atoms with Crippen molar-refractivity contribution < 1.29 is 18.8 Å². The van der Waals surface area contributed by atoms with Crippen molar-refractivity contribution in [1.29, 1.82) is 0 Å². The first-order valence-electron chi connectivity index (χ1n) is 8.51. The van der Waals surface area contributed by atoms with E-state index in [9.17, 15) is 4.57 Å². The molecule has 0 unspecified atom stereocenters. The molecule has 4 nitrogen and oxygen atoms in total. The zero-order valence-corrected chi connectivity index (χ0v) is 15.3. The highest BCUT2D eigenvalue weighted by atomic mass is 31.2. The van der Waals surface area contributed by atoms with Gasteiger partial charge in [-0.05, 0) is 19.1 Å². The molecule has 3 aromatic rings. The monoisotopic (exact) mass is 366 g/mol. The van der Waals surface area contributed by atoms with Crippen molar-refractivity contribution in [3.8, 4) is 17.2 Å². The van der Waals surface area contributed by atoms with E-state index in [0.717, 1.165) is 10.6 Å². The van der Waals surface area contributed by atoms with Gasteiger partial charge in [0.2, 0.25) is 12.5 Å². The van der Waals surface area contributed by atoms with Crippen LogP contribution in [0.15, 0.2) is 72.8 Å². The van der Waals surface area contributed by atoms with E-state index in [1.807, 2.05) is 79.7 Å². The Hall–Kier alpha value is -2.71. The predicted octanol–water partition coefficient (Wildman–Crippen LogP) is 3.45. The van der Waals surface area contributed by atoms with Crippen LogP contribution in [-0.2, 0) is 4.57 Å². The molecule has 0 fully saturated rings. The Kier molecular flexibility index (Phi) is 4.44. The van der Waals surface area contributed by atoms with Gasteiger partial charge in [-0.25, -0.2) is 0 Å². The highest BCUT2D eigenvalue weighted by Gasteiger charge is 2.33. The molecule has 0 radical (unpaired) electrons. The van der Waals surface area contributed by atoms with Crippen molar-refractivity contribution in [1.82, 2.24) is 0 Å². The first-order valence-corrected chi connectivity index (χ1v) is 10.2. The van der Waals surface area contributed by atoms with Crippen LogP contribution in [0.5, 0.6) is 17.2 Å². The Morgan fingerprint density at radius 2 is 1.50 bits per heavy atom. The molecule has 3 aromatic carbocycles. The molecule has 0 amide bonds. The topological polar surface area (TPSA) is 44.8 Å². The van der Waals surface area contributed by atoms with E-state index in [1.165, 1.54) is 0 Å². The second-order valence-corrected chi connectivity index (χ2v) is 8.66. The second kappa shape index (κ2) is 6.89. The quantitative estimate of drug-likeness (QED) is 0.649. The average molecular weight is 366 g/mol. The molecule has 132 valence electrons. The van der Waals surface area contributed by atoms with Crippen LogP contribution < -0.4 is 30.1 Å². The van der Waals surface area contributed by atoms with E-state index in [4.69, 9.17) is 14.2 Å². The Morgan fingerprint density at radius 1 is 0.885 bits per heavy atom. The van der Waals surface area contributed by atoms with E-state index in [1.54, 1.807) is 0 Å². The Balaban J connectivity index is 1.97. The van der Waals surface area contributed by atoms with Gasteiger partial charge in [0.25, 0.3) is 0 Å². The molecule has 0 spiro atoms. The molecule has 5 heteroatoms. The minimum absolute atomic E-state index is 0.139. The Bertz CT molecular complexity index is 911. The molecular weight excluding hydrogens is 347 g/mol. The fraction of sp³-hybridized carbons (Fsp3) is 0.143. The predicted molar refractivity (Wildman–Crippen MR) is 103 cm³/mol. The first-order chi connectivity index (χ1) is 12.7. The number of ether oxygens (including phenoxy) is 3. The number of benzene rings is 3. The van der Waals surface area contributed by atoms with E-state index in [0.29, 0.717) is 29.2 Å². The van der Waals surface area contributed by atoms with Crippen LogP contribution in [0.4, 0.5) is 0 Å². The summed E-state index contributed by atoms with van der Waals surface area (Å²) in [7, 11) is -3.07. The van der Waals surface area contributed by atoms with Gasteiger partial charge in [-0.1, -0.05) is 60.7 Å². The molecule has 4 rings (SSSR count). The summed E-state index contributed by atoms with van der Waals surface area (Å²) >= 11 is 0.